The molecule has 28 heavy (non-hydrogen) atoms. The summed E-state index contributed by atoms with van der Waals surface area (Å²) in [5.74, 6) is 2.10. The number of benzene rings is 1. The first-order valence-corrected chi connectivity index (χ1v) is 10.2. The van der Waals surface area contributed by atoms with Crippen molar-refractivity contribution in [1.82, 2.24) is 20.0 Å². The molecule has 0 aliphatic carbocycles. The van der Waals surface area contributed by atoms with E-state index < -0.39 is 0 Å². The van der Waals surface area contributed by atoms with Gasteiger partial charge in [0.2, 0.25) is 0 Å². The third-order valence-electron chi connectivity index (χ3n) is 5.23. The first-order valence-electron chi connectivity index (χ1n) is 10.2. The van der Waals surface area contributed by atoms with Crippen LogP contribution in [0.2, 0.25) is 0 Å². The van der Waals surface area contributed by atoms with E-state index in [0.717, 1.165) is 44.4 Å². The molecule has 2 aromatic rings. The lowest BCUT2D eigenvalue weighted by molar-refractivity contribution is 0.440. The van der Waals surface area contributed by atoms with E-state index >= 15 is 0 Å². The highest BCUT2D eigenvalue weighted by atomic mass is 127. The third kappa shape index (κ3) is 5.96. The zero-order chi connectivity index (χ0) is 19.2. The molecule has 1 aromatic carbocycles. The number of guanidine groups is 1. The fraction of sp³-hybridized carbons (Fsp3) is 0.545. The fourth-order valence-electron chi connectivity index (χ4n) is 3.83. The summed E-state index contributed by atoms with van der Waals surface area (Å²) < 4.78 is 2.10. The van der Waals surface area contributed by atoms with Crippen molar-refractivity contribution in [3.63, 3.8) is 0 Å². The third-order valence-corrected chi connectivity index (χ3v) is 5.23. The maximum absolute atomic E-state index is 4.95. The van der Waals surface area contributed by atoms with Crippen LogP contribution in [0.1, 0.15) is 43.1 Å². The van der Waals surface area contributed by atoms with Gasteiger partial charge in [0.25, 0.3) is 0 Å². The highest BCUT2D eigenvalue weighted by Crippen LogP contribution is 2.26. The van der Waals surface area contributed by atoms with Gasteiger partial charge in [0.15, 0.2) is 5.96 Å². The lowest BCUT2D eigenvalue weighted by Crippen LogP contribution is -2.40. The van der Waals surface area contributed by atoms with Gasteiger partial charge in [-0.15, -0.1) is 24.0 Å². The summed E-state index contributed by atoms with van der Waals surface area (Å²) in [6.07, 6.45) is 1.19. The van der Waals surface area contributed by atoms with E-state index in [0.29, 0.717) is 11.8 Å². The van der Waals surface area contributed by atoms with Gasteiger partial charge in [-0.05, 0) is 44.7 Å². The van der Waals surface area contributed by atoms with Crippen LogP contribution in [0.5, 0.6) is 0 Å². The van der Waals surface area contributed by atoms with E-state index in [1.807, 2.05) is 6.92 Å². The van der Waals surface area contributed by atoms with Gasteiger partial charge in [0.1, 0.15) is 0 Å². The second-order valence-electron chi connectivity index (χ2n) is 7.75. The van der Waals surface area contributed by atoms with Crippen molar-refractivity contribution in [2.45, 2.75) is 46.6 Å². The number of aromatic nitrogens is 2. The first kappa shape index (κ1) is 22.7. The Morgan fingerprint density at radius 2 is 2.04 bits per heavy atom. The zero-order valence-electron chi connectivity index (χ0n) is 17.6. The molecule has 1 fully saturated rings. The standard InChI is InChI=1S/C22H33N5.HI/c1-5-23-22(24-14-17(2)15-27-19(4)13-18(3)25-27)26-12-11-21(16-26)20-9-7-6-8-10-20;/h6-10,13,17,21H,5,11-12,14-16H2,1-4H3,(H,23,24);1H. The SMILES string of the molecule is CCNC(=NCC(C)Cn1nc(C)cc1C)N1CCC(c2ccccc2)C1.I. The highest BCUT2D eigenvalue weighted by molar-refractivity contribution is 14.0. The molecular formula is C22H34IN5. The van der Waals surface area contributed by atoms with Gasteiger partial charge in [-0.2, -0.15) is 5.10 Å². The number of aryl methyl sites for hydroxylation is 2. The predicted octanol–water partition coefficient (Wildman–Crippen LogP) is 4.21. The number of nitrogens with zero attached hydrogens (tertiary/aromatic N) is 4. The molecule has 1 aromatic heterocycles. The minimum absolute atomic E-state index is 0. The monoisotopic (exact) mass is 495 g/mol. The van der Waals surface area contributed by atoms with E-state index in [9.17, 15) is 0 Å². The molecular weight excluding hydrogens is 461 g/mol. The Morgan fingerprint density at radius 3 is 2.68 bits per heavy atom. The van der Waals surface area contributed by atoms with Crippen LogP contribution in [0.15, 0.2) is 41.4 Å². The van der Waals surface area contributed by atoms with Crippen LogP contribution in [0.4, 0.5) is 0 Å². The van der Waals surface area contributed by atoms with Crippen LogP contribution in [0, 0.1) is 19.8 Å². The second kappa shape index (κ2) is 10.8. The number of aliphatic imine (C=N–C) groups is 1. The molecule has 1 N–H and O–H groups in total. The number of halogens is 1. The zero-order valence-corrected chi connectivity index (χ0v) is 19.9. The van der Waals surface area contributed by atoms with E-state index in [4.69, 9.17) is 4.99 Å². The maximum atomic E-state index is 4.95. The Labute approximate surface area is 186 Å². The van der Waals surface area contributed by atoms with Crippen molar-refractivity contribution < 1.29 is 0 Å². The Balaban J connectivity index is 0.00000280. The van der Waals surface area contributed by atoms with Crippen molar-refractivity contribution in [2.75, 3.05) is 26.2 Å². The number of nitrogens with one attached hydrogen (secondary N) is 1. The van der Waals surface area contributed by atoms with Crippen molar-refractivity contribution in [3.8, 4) is 0 Å². The molecule has 2 heterocycles. The Morgan fingerprint density at radius 1 is 1.29 bits per heavy atom. The minimum atomic E-state index is 0. The summed E-state index contributed by atoms with van der Waals surface area (Å²) in [5.41, 5.74) is 3.75. The first-order chi connectivity index (χ1) is 13.1. The highest BCUT2D eigenvalue weighted by Gasteiger charge is 2.26. The van der Waals surface area contributed by atoms with E-state index in [1.54, 1.807) is 0 Å². The molecule has 5 nitrogen and oxygen atoms in total. The second-order valence-corrected chi connectivity index (χ2v) is 7.75. The number of hydrogen-bond acceptors (Lipinski definition) is 2. The van der Waals surface area contributed by atoms with Crippen LogP contribution in [-0.4, -0.2) is 46.8 Å². The molecule has 0 amide bonds. The number of likely N-dealkylation sites (tertiary alicyclic amines) is 1. The molecule has 1 saturated heterocycles. The molecule has 3 rings (SSSR count). The molecule has 2 atom stereocenters. The van der Waals surface area contributed by atoms with Crippen molar-refractivity contribution in [3.05, 3.63) is 53.3 Å². The lowest BCUT2D eigenvalue weighted by atomic mass is 9.99. The molecule has 0 saturated carbocycles. The Kier molecular flexibility index (Phi) is 8.79. The molecule has 0 bridgehead atoms. The number of hydrogen-bond donors (Lipinski definition) is 1. The van der Waals surface area contributed by atoms with Crippen LogP contribution < -0.4 is 5.32 Å². The van der Waals surface area contributed by atoms with Crippen LogP contribution in [0.3, 0.4) is 0 Å². The maximum Gasteiger partial charge on any atom is 0.193 e. The summed E-state index contributed by atoms with van der Waals surface area (Å²) >= 11 is 0. The van der Waals surface area contributed by atoms with Gasteiger partial charge < -0.3 is 10.2 Å². The largest absolute Gasteiger partial charge is 0.357 e. The summed E-state index contributed by atoms with van der Waals surface area (Å²) in [4.78, 5) is 7.36. The van der Waals surface area contributed by atoms with Crippen molar-refractivity contribution >= 4 is 29.9 Å². The van der Waals surface area contributed by atoms with Gasteiger partial charge in [-0.3, -0.25) is 9.67 Å². The van der Waals surface area contributed by atoms with E-state index in [2.05, 4.69) is 77.2 Å². The smallest absolute Gasteiger partial charge is 0.193 e. The summed E-state index contributed by atoms with van der Waals surface area (Å²) in [6, 6.07) is 13.0. The Bertz CT molecular complexity index is 756. The molecule has 0 radical (unpaired) electrons. The molecule has 2 unspecified atom stereocenters. The molecule has 154 valence electrons. The normalized spacial score (nSPS) is 18.1. The van der Waals surface area contributed by atoms with Crippen LogP contribution in [-0.2, 0) is 6.54 Å². The Hall–Kier alpha value is -1.57. The van der Waals surface area contributed by atoms with Crippen LogP contribution >= 0.6 is 24.0 Å². The molecule has 6 heteroatoms. The predicted molar refractivity (Wildman–Crippen MR) is 128 cm³/mol. The summed E-state index contributed by atoms with van der Waals surface area (Å²) in [7, 11) is 0. The van der Waals surface area contributed by atoms with Gasteiger partial charge in [0, 0.05) is 44.3 Å². The minimum Gasteiger partial charge on any atom is -0.357 e. The number of rotatable bonds is 6. The van der Waals surface area contributed by atoms with E-state index in [-0.39, 0.29) is 24.0 Å². The van der Waals surface area contributed by atoms with Crippen LogP contribution in [0.25, 0.3) is 0 Å². The average molecular weight is 495 g/mol. The van der Waals surface area contributed by atoms with Gasteiger partial charge >= 0.3 is 0 Å². The van der Waals surface area contributed by atoms with E-state index in [1.165, 1.54) is 17.7 Å². The summed E-state index contributed by atoms with van der Waals surface area (Å²) in [6.45, 7) is 13.3. The fourth-order valence-corrected chi connectivity index (χ4v) is 3.83. The van der Waals surface area contributed by atoms with Crippen molar-refractivity contribution in [2.24, 2.45) is 10.9 Å². The lowest BCUT2D eigenvalue weighted by Gasteiger charge is -2.22. The average Bonchev–Trinajstić information content (AvgIpc) is 3.26. The van der Waals surface area contributed by atoms with Gasteiger partial charge in [-0.1, -0.05) is 37.3 Å². The molecule has 1 aliphatic rings. The summed E-state index contributed by atoms with van der Waals surface area (Å²) in [5, 5.41) is 8.06. The molecule has 1 aliphatic heterocycles. The quantitative estimate of drug-likeness (QED) is 0.371. The van der Waals surface area contributed by atoms with Gasteiger partial charge in [-0.25, -0.2) is 0 Å². The molecule has 0 spiro atoms. The van der Waals surface area contributed by atoms with Crippen molar-refractivity contribution in [1.29, 1.82) is 0 Å². The van der Waals surface area contributed by atoms with Gasteiger partial charge in [0.05, 0.1) is 5.69 Å². The topological polar surface area (TPSA) is 45.5 Å².